The summed E-state index contributed by atoms with van der Waals surface area (Å²) in [4.78, 5) is 16.6. The van der Waals surface area contributed by atoms with Gasteiger partial charge in [-0.2, -0.15) is 10.2 Å². The van der Waals surface area contributed by atoms with Crippen molar-refractivity contribution < 1.29 is 9.47 Å². The van der Waals surface area contributed by atoms with Crippen LogP contribution in [0.4, 0.5) is 5.69 Å². The molecule has 31 heavy (non-hydrogen) atoms. The largest absolute Gasteiger partial charge is 0.490 e. The van der Waals surface area contributed by atoms with Crippen LogP contribution in [0, 0.1) is 0 Å². The zero-order valence-electron chi connectivity index (χ0n) is 17.5. The Bertz CT molecular complexity index is 1230. The molecule has 3 heterocycles. The highest BCUT2D eigenvalue weighted by molar-refractivity contribution is 5.83. The minimum Gasteiger partial charge on any atom is -0.490 e. The van der Waals surface area contributed by atoms with E-state index < -0.39 is 0 Å². The number of methoxy groups -OCH3 is 1. The molecule has 160 valence electrons. The normalized spacial score (nSPS) is 11.0. The highest BCUT2D eigenvalue weighted by atomic mass is 16.5. The molecular formula is C22H24N6O3. The fourth-order valence-electron chi connectivity index (χ4n) is 3.16. The van der Waals surface area contributed by atoms with Crippen LogP contribution in [0.25, 0.3) is 16.6 Å². The van der Waals surface area contributed by atoms with E-state index in [0.717, 1.165) is 22.3 Å². The van der Waals surface area contributed by atoms with E-state index in [9.17, 15) is 4.79 Å². The van der Waals surface area contributed by atoms with Crippen LogP contribution in [-0.2, 0) is 18.2 Å². The topological polar surface area (TPSA) is 96.1 Å². The van der Waals surface area contributed by atoms with E-state index in [-0.39, 0.29) is 5.43 Å². The molecule has 0 unspecified atom stereocenters. The van der Waals surface area contributed by atoms with Crippen LogP contribution in [0.3, 0.4) is 0 Å². The molecule has 0 radical (unpaired) electrons. The Balaban J connectivity index is 1.42. The average Bonchev–Trinajstić information content (AvgIpc) is 3.21. The second kappa shape index (κ2) is 9.40. The first-order valence-corrected chi connectivity index (χ1v) is 9.96. The molecule has 1 N–H and O–H groups in total. The number of fused-ring (bicyclic) bond motifs is 1. The summed E-state index contributed by atoms with van der Waals surface area (Å²) >= 11 is 0. The van der Waals surface area contributed by atoms with Crippen LogP contribution in [0.15, 0.2) is 59.9 Å². The van der Waals surface area contributed by atoms with E-state index >= 15 is 0 Å². The lowest BCUT2D eigenvalue weighted by Crippen LogP contribution is -2.19. The maximum atomic E-state index is 12.2. The van der Waals surface area contributed by atoms with E-state index in [2.05, 4.69) is 20.5 Å². The number of ether oxygens (including phenoxy) is 2. The smallest absolute Gasteiger partial charge is 0.203 e. The highest BCUT2D eigenvalue weighted by Crippen LogP contribution is 2.22. The SMILES string of the molecule is COCCOc1cnc2ccc(NCCc3nn(-c4cnn(C)c4)ccc3=O)cc2c1. The molecule has 9 nitrogen and oxygen atoms in total. The molecule has 4 aromatic rings. The third kappa shape index (κ3) is 5.07. The summed E-state index contributed by atoms with van der Waals surface area (Å²) in [7, 11) is 3.48. The number of anilines is 1. The maximum absolute atomic E-state index is 12.2. The van der Waals surface area contributed by atoms with Gasteiger partial charge in [0.05, 0.1) is 30.7 Å². The number of hydrogen-bond acceptors (Lipinski definition) is 7. The fourth-order valence-corrected chi connectivity index (χ4v) is 3.16. The summed E-state index contributed by atoms with van der Waals surface area (Å²) in [5.41, 5.74) is 3.04. The zero-order valence-corrected chi connectivity index (χ0v) is 17.5. The lowest BCUT2D eigenvalue weighted by molar-refractivity contribution is 0.146. The van der Waals surface area contributed by atoms with Gasteiger partial charge < -0.3 is 14.8 Å². The predicted molar refractivity (Wildman–Crippen MR) is 118 cm³/mol. The minimum absolute atomic E-state index is 0.0810. The summed E-state index contributed by atoms with van der Waals surface area (Å²) < 4.78 is 14.0. The monoisotopic (exact) mass is 420 g/mol. The van der Waals surface area contributed by atoms with Gasteiger partial charge in [0.2, 0.25) is 5.43 Å². The third-order valence-electron chi connectivity index (χ3n) is 4.74. The van der Waals surface area contributed by atoms with Crippen molar-refractivity contribution in [2.75, 3.05) is 32.2 Å². The van der Waals surface area contributed by atoms with Gasteiger partial charge in [0, 0.05) is 50.5 Å². The Morgan fingerprint density at radius 3 is 2.84 bits per heavy atom. The van der Waals surface area contributed by atoms with Crippen LogP contribution in [0.1, 0.15) is 5.69 Å². The van der Waals surface area contributed by atoms with Crippen LogP contribution in [0.2, 0.25) is 0 Å². The summed E-state index contributed by atoms with van der Waals surface area (Å²) in [6.07, 6.45) is 7.40. The summed E-state index contributed by atoms with van der Waals surface area (Å²) in [6, 6.07) is 9.41. The van der Waals surface area contributed by atoms with Gasteiger partial charge in [0.25, 0.3) is 0 Å². The van der Waals surface area contributed by atoms with Crippen molar-refractivity contribution in [2.45, 2.75) is 6.42 Å². The Hall–Kier alpha value is -3.72. The van der Waals surface area contributed by atoms with Crippen molar-refractivity contribution in [2.24, 2.45) is 7.05 Å². The van der Waals surface area contributed by atoms with Crippen molar-refractivity contribution in [1.82, 2.24) is 24.5 Å². The molecule has 0 aliphatic carbocycles. The number of nitrogens with zero attached hydrogens (tertiary/aromatic N) is 5. The number of hydrogen-bond donors (Lipinski definition) is 1. The molecule has 4 rings (SSSR count). The van der Waals surface area contributed by atoms with E-state index in [4.69, 9.17) is 9.47 Å². The molecule has 0 atom stereocenters. The molecule has 3 aromatic heterocycles. The third-order valence-corrected chi connectivity index (χ3v) is 4.74. The standard InChI is InChI=1S/C22H24N6O3/c1-27-15-18(13-25-27)28-8-6-22(29)21(26-28)5-7-23-17-3-4-20-16(11-17)12-19(14-24-20)31-10-9-30-2/h3-4,6,8,11-15,23H,5,7,9-10H2,1-2H3. The zero-order chi connectivity index (χ0) is 21.6. The Morgan fingerprint density at radius 2 is 2.03 bits per heavy atom. The molecule has 0 amide bonds. The van der Waals surface area contributed by atoms with Gasteiger partial charge in [-0.15, -0.1) is 0 Å². The molecule has 0 spiro atoms. The van der Waals surface area contributed by atoms with E-state index in [1.54, 1.807) is 35.1 Å². The van der Waals surface area contributed by atoms with E-state index in [1.165, 1.54) is 6.07 Å². The van der Waals surface area contributed by atoms with Gasteiger partial charge in [-0.1, -0.05) is 0 Å². The van der Waals surface area contributed by atoms with E-state index in [1.807, 2.05) is 37.5 Å². The average molecular weight is 420 g/mol. The Labute approximate surface area is 179 Å². The molecule has 0 fully saturated rings. The Morgan fingerprint density at radius 1 is 1.13 bits per heavy atom. The van der Waals surface area contributed by atoms with Crippen LogP contribution in [-0.4, -0.2) is 51.4 Å². The number of aryl methyl sites for hydroxylation is 1. The number of nitrogens with one attached hydrogen (secondary N) is 1. The first-order valence-electron chi connectivity index (χ1n) is 9.96. The van der Waals surface area contributed by atoms with Crippen molar-refractivity contribution in [1.29, 1.82) is 0 Å². The van der Waals surface area contributed by atoms with Crippen LogP contribution >= 0.6 is 0 Å². The predicted octanol–water partition coefficient (Wildman–Crippen LogP) is 2.19. The lowest BCUT2D eigenvalue weighted by Gasteiger charge is -2.09. The molecule has 1 aromatic carbocycles. The molecule has 0 aliphatic rings. The molecule has 0 bridgehead atoms. The number of rotatable bonds is 9. The minimum atomic E-state index is -0.0810. The van der Waals surface area contributed by atoms with Crippen molar-refractivity contribution in [3.8, 4) is 11.4 Å². The molecular weight excluding hydrogens is 396 g/mol. The first kappa shape index (κ1) is 20.5. The molecule has 0 saturated heterocycles. The summed E-state index contributed by atoms with van der Waals surface area (Å²) in [5.74, 6) is 0.700. The maximum Gasteiger partial charge on any atom is 0.203 e. The fraction of sp³-hybridized carbons (Fsp3) is 0.273. The summed E-state index contributed by atoms with van der Waals surface area (Å²) in [6.45, 7) is 1.57. The van der Waals surface area contributed by atoms with Crippen molar-refractivity contribution in [3.05, 3.63) is 71.0 Å². The number of benzene rings is 1. The number of aromatic nitrogens is 5. The van der Waals surface area contributed by atoms with Gasteiger partial charge in [0.15, 0.2) is 0 Å². The van der Waals surface area contributed by atoms with Gasteiger partial charge in [0.1, 0.15) is 23.7 Å². The molecule has 9 heteroatoms. The van der Waals surface area contributed by atoms with Gasteiger partial charge >= 0.3 is 0 Å². The van der Waals surface area contributed by atoms with Gasteiger partial charge in [-0.3, -0.25) is 14.5 Å². The van der Waals surface area contributed by atoms with Crippen LogP contribution < -0.4 is 15.5 Å². The van der Waals surface area contributed by atoms with Gasteiger partial charge in [-0.25, -0.2) is 4.68 Å². The van der Waals surface area contributed by atoms with Crippen molar-refractivity contribution in [3.63, 3.8) is 0 Å². The second-order valence-electron chi connectivity index (χ2n) is 7.04. The van der Waals surface area contributed by atoms with Crippen LogP contribution in [0.5, 0.6) is 5.75 Å². The van der Waals surface area contributed by atoms with Crippen molar-refractivity contribution >= 4 is 16.6 Å². The molecule has 0 aliphatic heterocycles. The number of pyridine rings is 1. The highest BCUT2D eigenvalue weighted by Gasteiger charge is 2.06. The molecule has 0 saturated carbocycles. The second-order valence-corrected chi connectivity index (χ2v) is 7.04. The van der Waals surface area contributed by atoms with Gasteiger partial charge in [-0.05, 0) is 24.3 Å². The van der Waals surface area contributed by atoms with E-state index in [0.29, 0.717) is 37.6 Å². The summed E-state index contributed by atoms with van der Waals surface area (Å²) in [5, 5.41) is 12.9. The first-order chi connectivity index (χ1) is 15.1. The quantitative estimate of drug-likeness (QED) is 0.415. The lowest BCUT2D eigenvalue weighted by atomic mass is 10.2. The Kier molecular flexibility index (Phi) is 6.23.